The van der Waals surface area contributed by atoms with Gasteiger partial charge in [0.15, 0.2) is 5.13 Å². The minimum Gasteiger partial charge on any atom is -0.329 e. The van der Waals surface area contributed by atoms with Crippen LogP contribution in [-0.4, -0.2) is 4.98 Å². The summed E-state index contributed by atoms with van der Waals surface area (Å²) >= 11 is 1.47. The highest BCUT2D eigenvalue weighted by molar-refractivity contribution is 7.22. The number of thiazole rings is 1. The number of anilines is 2. The van der Waals surface area contributed by atoms with Gasteiger partial charge < -0.3 is 5.32 Å². The lowest BCUT2D eigenvalue weighted by Gasteiger charge is -2.03. The van der Waals surface area contributed by atoms with Crippen LogP contribution in [0.5, 0.6) is 0 Å². The van der Waals surface area contributed by atoms with Crippen LogP contribution >= 0.6 is 11.3 Å². The quantitative estimate of drug-likeness (QED) is 0.760. The Bertz CT molecular complexity index is 833. The lowest BCUT2D eigenvalue weighted by molar-refractivity contribution is 0.631. The van der Waals surface area contributed by atoms with Crippen molar-refractivity contribution in [1.29, 1.82) is 5.26 Å². The van der Waals surface area contributed by atoms with Crippen molar-refractivity contribution in [3.05, 3.63) is 53.3 Å². The van der Waals surface area contributed by atoms with Crippen molar-refractivity contribution < 1.29 is 4.39 Å². The van der Waals surface area contributed by atoms with Gasteiger partial charge >= 0.3 is 0 Å². The molecule has 0 spiro atoms. The average Bonchev–Trinajstić information content (AvgIpc) is 2.82. The van der Waals surface area contributed by atoms with Gasteiger partial charge in [-0.3, -0.25) is 0 Å². The summed E-state index contributed by atoms with van der Waals surface area (Å²) in [4.78, 5) is 4.41. The summed E-state index contributed by atoms with van der Waals surface area (Å²) in [6, 6.07) is 12.2. The second kappa shape index (κ2) is 4.91. The molecule has 98 valence electrons. The van der Waals surface area contributed by atoms with E-state index in [1.54, 1.807) is 12.1 Å². The third kappa shape index (κ3) is 2.33. The number of aryl methyl sites for hydroxylation is 1. The topological polar surface area (TPSA) is 48.7 Å². The predicted octanol–water partition coefficient (Wildman–Crippen LogP) is 4.36. The van der Waals surface area contributed by atoms with Crippen molar-refractivity contribution in [2.24, 2.45) is 0 Å². The number of nitrogens with one attached hydrogen (secondary N) is 1. The molecule has 5 heteroatoms. The lowest BCUT2D eigenvalue weighted by atomic mass is 10.2. The van der Waals surface area contributed by atoms with E-state index in [1.165, 1.54) is 17.4 Å². The van der Waals surface area contributed by atoms with Gasteiger partial charge in [-0.1, -0.05) is 17.4 Å². The molecular weight excluding hydrogens is 273 g/mol. The van der Waals surface area contributed by atoms with Crippen LogP contribution in [0.4, 0.5) is 15.2 Å². The summed E-state index contributed by atoms with van der Waals surface area (Å²) < 4.78 is 14.9. The first-order valence-electron chi connectivity index (χ1n) is 5.99. The van der Waals surface area contributed by atoms with E-state index in [-0.39, 0.29) is 0 Å². The normalized spacial score (nSPS) is 10.4. The van der Waals surface area contributed by atoms with Crippen LogP contribution in [0, 0.1) is 24.1 Å². The van der Waals surface area contributed by atoms with E-state index in [0.717, 1.165) is 15.8 Å². The number of halogens is 1. The first-order valence-corrected chi connectivity index (χ1v) is 6.81. The summed E-state index contributed by atoms with van der Waals surface area (Å²) in [5.41, 5.74) is 2.67. The van der Waals surface area contributed by atoms with Crippen molar-refractivity contribution >= 4 is 32.4 Å². The molecule has 0 unspecified atom stereocenters. The fourth-order valence-electron chi connectivity index (χ4n) is 1.89. The maximum atomic E-state index is 13.8. The van der Waals surface area contributed by atoms with E-state index in [2.05, 4.69) is 10.3 Å². The Kier molecular flexibility index (Phi) is 3.09. The van der Waals surface area contributed by atoms with Crippen molar-refractivity contribution in [2.75, 3.05) is 5.32 Å². The maximum Gasteiger partial charge on any atom is 0.188 e. The van der Waals surface area contributed by atoms with Gasteiger partial charge in [-0.25, -0.2) is 9.37 Å². The Hall–Kier alpha value is -2.45. The van der Waals surface area contributed by atoms with Crippen molar-refractivity contribution in [2.45, 2.75) is 6.92 Å². The first-order chi connectivity index (χ1) is 9.65. The molecule has 0 amide bonds. The summed E-state index contributed by atoms with van der Waals surface area (Å²) in [6.45, 7) is 2.02. The van der Waals surface area contributed by atoms with Crippen molar-refractivity contribution in [3.63, 3.8) is 0 Å². The number of fused-ring (bicyclic) bond motifs is 1. The van der Waals surface area contributed by atoms with Gasteiger partial charge in [0.2, 0.25) is 0 Å². The predicted molar refractivity (Wildman–Crippen MR) is 78.8 cm³/mol. The Labute approximate surface area is 119 Å². The molecule has 0 fully saturated rings. The van der Waals surface area contributed by atoms with Gasteiger partial charge in [0.25, 0.3) is 0 Å². The molecule has 0 radical (unpaired) electrons. The van der Waals surface area contributed by atoms with Crippen LogP contribution in [0.2, 0.25) is 0 Å². The van der Waals surface area contributed by atoms with E-state index in [1.807, 2.05) is 31.2 Å². The fraction of sp³-hybridized carbons (Fsp3) is 0.0667. The van der Waals surface area contributed by atoms with Crippen LogP contribution in [0.1, 0.15) is 11.1 Å². The van der Waals surface area contributed by atoms with Crippen LogP contribution < -0.4 is 5.32 Å². The standard InChI is InChI=1S/C15H10FN3S/c1-9-2-4-13-14(6-9)20-15(19-13)18-12-5-3-10(8-17)7-11(12)16/h2-7H,1H3,(H,18,19). The average molecular weight is 283 g/mol. The van der Waals surface area contributed by atoms with Gasteiger partial charge in [0.1, 0.15) is 5.82 Å². The van der Waals surface area contributed by atoms with Crippen molar-refractivity contribution in [3.8, 4) is 6.07 Å². The zero-order valence-electron chi connectivity index (χ0n) is 10.6. The maximum absolute atomic E-state index is 13.8. The smallest absolute Gasteiger partial charge is 0.188 e. The highest BCUT2D eigenvalue weighted by Gasteiger charge is 2.08. The number of nitriles is 1. The molecule has 3 rings (SSSR count). The monoisotopic (exact) mass is 283 g/mol. The minimum atomic E-state index is -0.459. The molecule has 0 aliphatic rings. The number of benzene rings is 2. The molecule has 20 heavy (non-hydrogen) atoms. The van der Waals surface area contributed by atoms with E-state index < -0.39 is 5.82 Å². The lowest BCUT2D eigenvalue weighted by Crippen LogP contribution is -1.93. The Morgan fingerprint density at radius 2 is 2.10 bits per heavy atom. The van der Waals surface area contributed by atoms with Crippen molar-refractivity contribution in [1.82, 2.24) is 4.98 Å². The third-order valence-corrected chi connectivity index (χ3v) is 3.82. The molecular formula is C15H10FN3S. The zero-order chi connectivity index (χ0) is 14.1. The molecule has 0 aliphatic heterocycles. The number of nitrogens with zero attached hydrogens (tertiary/aromatic N) is 2. The van der Waals surface area contributed by atoms with Crippen LogP contribution in [0.3, 0.4) is 0 Å². The molecule has 2 aromatic carbocycles. The van der Waals surface area contributed by atoms with Gasteiger partial charge in [-0.05, 0) is 42.8 Å². The highest BCUT2D eigenvalue weighted by atomic mass is 32.1. The van der Waals surface area contributed by atoms with Gasteiger partial charge in [-0.2, -0.15) is 5.26 Å². The van der Waals surface area contributed by atoms with Gasteiger partial charge in [0.05, 0.1) is 27.5 Å². The second-order valence-electron chi connectivity index (χ2n) is 4.42. The summed E-state index contributed by atoms with van der Waals surface area (Å²) in [7, 11) is 0. The SMILES string of the molecule is Cc1ccc2nc(Nc3ccc(C#N)cc3F)sc2c1. The number of hydrogen-bond donors (Lipinski definition) is 1. The Morgan fingerprint density at radius 3 is 2.85 bits per heavy atom. The van der Waals surface area contributed by atoms with E-state index in [4.69, 9.17) is 5.26 Å². The number of rotatable bonds is 2. The second-order valence-corrected chi connectivity index (χ2v) is 5.45. The number of aromatic nitrogens is 1. The Balaban J connectivity index is 1.95. The van der Waals surface area contributed by atoms with Gasteiger partial charge in [0, 0.05) is 0 Å². The highest BCUT2D eigenvalue weighted by Crippen LogP contribution is 2.29. The fourth-order valence-corrected chi connectivity index (χ4v) is 2.86. The molecule has 3 nitrogen and oxygen atoms in total. The molecule has 0 aliphatic carbocycles. The summed E-state index contributed by atoms with van der Waals surface area (Å²) in [5, 5.41) is 12.3. The molecule has 0 atom stereocenters. The van der Waals surface area contributed by atoms with Crippen LogP contribution in [0.15, 0.2) is 36.4 Å². The van der Waals surface area contributed by atoms with Gasteiger partial charge in [-0.15, -0.1) is 0 Å². The van der Waals surface area contributed by atoms with E-state index >= 15 is 0 Å². The molecule has 0 saturated heterocycles. The summed E-state index contributed by atoms with van der Waals surface area (Å²) in [6.07, 6.45) is 0. The summed E-state index contributed by atoms with van der Waals surface area (Å²) in [5.74, 6) is -0.459. The number of hydrogen-bond acceptors (Lipinski definition) is 4. The first kappa shape index (κ1) is 12.6. The zero-order valence-corrected chi connectivity index (χ0v) is 11.5. The Morgan fingerprint density at radius 1 is 1.25 bits per heavy atom. The van der Waals surface area contributed by atoms with Crippen LogP contribution in [-0.2, 0) is 0 Å². The minimum absolute atomic E-state index is 0.299. The molecule has 1 N–H and O–H groups in total. The molecule has 1 aromatic heterocycles. The van der Waals surface area contributed by atoms with E-state index in [9.17, 15) is 4.39 Å². The van der Waals surface area contributed by atoms with Crippen LogP contribution in [0.25, 0.3) is 10.2 Å². The largest absolute Gasteiger partial charge is 0.329 e. The molecule has 0 saturated carbocycles. The molecule has 1 heterocycles. The molecule has 3 aromatic rings. The molecule has 0 bridgehead atoms. The third-order valence-electron chi connectivity index (χ3n) is 2.88. The van der Waals surface area contributed by atoms with E-state index in [0.29, 0.717) is 16.4 Å².